The molecule has 3 heteroatoms. The summed E-state index contributed by atoms with van der Waals surface area (Å²) in [6.45, 7) is 4.46. The van der Waals surface area contributed by atoms with E-state index in [1.807, 2.05) is 43.3 Å². The van der Waals surface area contributed by atoms with Gasteiger partial charge in [-0.15, -0.1) is 0 Å². The minimum Gasteiger partial charge on any atom is -0.465 e. The minimum absolute atomic E-state index is 0.160. The SMILES string of the molecule is CCCCOC(=O)C(C)c1ccc2cc(Cl)ccc2c1. The second kappa shape index (κ2) is 6.76. The summed E-state index contributed by atoms with van der Waals surface area (Å²) in [6, 6.07) is 11.7. The van der Waals surface area contributed by atoms with Crippen LogP contribution in [0.4, 0.5) is 0 Å². The first-order chi connectivity index (χ1) is 9.61. The molecule has 0 fully saturated rings. The van der Waals surface area contributed by atoms with E-state index in [1.54, 1.807) is 0 Å². The third-order valence-corrected chi connectivity index (χ3v) is 3.66. The molecule has 0 aromatic heterocycles. The van der Waals surface area contributed by atoms with Gasteiger partial charge in [0.1, 0.15) is 0 Å². The van der Waals surface area contributed by atoms with Crippen LogP contribution in [0.15, 0.2) is 36.4 Å². The monoisotopic (exact) mass is 290 g/mol. The van der Waals surface area contributed by atoms with Gasteiger partial charge < -0.3 is 4.74 Å². The van der Waals surface area contributed by atoms with E-state index in [0.717, 1.165) is 34.2 Å². The first-order valence-electron chi connectivity index (χ1n) is 6.97. The Kier molecular flexibility index (Phi) is 5.02. The van der Waals surface area contributed by atoms with Gasteiger partial charge in [-0.2, -0.15) is 0 Å². The Balaban J connectivity index is 2.15. The van der Waals surface area contributed by atoms with Crippen molar-refractivity contribution >= 4 is 28.3 Å². The Morgan fingerprint density at radius 1 is 1.20 bits per heavy atom. The molecule has 0 aliphatic carbocycles. The van der Waals surface area contributed by atoms with Gasteiger partial charge in [-0.1, -0.05) is 49.2 Å². The number of benzene rings is 2. The average Bonchev–Trinajstić information content (AvgIpc) is 2.46. The van der Waals surface area contributed by atoms with Gasteiger partial charge in [0.15, 0.2) is 0 Å². The van der Waals surface area contributed by atoms with Gasteiger partial charge >= 0.3 is 5.97 Å². The number of carbonyl (C=O) groups excluding carboxylic acids is 1. The van der Waals surface area contributed by atoms with Crippen LogP contribution in [0.3, 0.4) is 0 Å². The summed E-state index contributed by atoms with van der Waals surface area (Å²) in [5.74, 6) is -0.404. The van der Waals surface area contributed by atoms with E-state index in [1.165, 1.54) is 0 Å². The number of fused-ring (bicyclic) bond motifs is 1. The average molecular weight is 291 g/mol. The molecule has 20 heavy (non-hydrogen) atoms. The summed E-state index contributed by atoms with van der Waals surface area (Å²) in [5.41, 5.74) is 0.973. The molecule has 0 bridgehead atoms. The Labute approximate surface area is 124 Å². The van der Waals surface area contributed by atoms with E-state index in [4.69, 9.17) is 16.3 Å². The van der Waals surface area contributed by atoms with E-state index in [-0.39, 0.29) is 11.9 Å². The van der Waals surface area contributed by atoms with Crippen LogP contribution in [0.2, 0.25) is 5.02 Å². The normalized spacial score (nSPS) is 12.3. The molecule has 1 atom stereocenters. The molecule has 0 aliphatic rings. The topological polar surface area (TPSA) is 26.3 Å². The lowest BCUT2D eigenvalue weighted by Gasteiger charge is -2.12. The van der Waals surface area contributed by atoms with Crippen molar-refractivity contribution in [3.8, 4) is 0 Å². The lowest BCUT2D eigenvalue weighted by molar-refractivity contribution is -0.145. The molecule has 0 heterocycles. The maximum atomic E-state index is 12.0. The summed E-state index contributed by atoms with van der Waals surface area (Å²) < 4.78 is 5.27. The van der Waals surface area contributed by atoms with Crippen LogP contribution in [0, 0.1) is 0 Å². The zero-order chi connectivity index (χ0) is 14.5. The first kappa shape index (κ1) is 14.9. The third kappa shape index (κ3) is 3.51. The summed E-state index contributed by atoms with van der Waals surface area (Å²) in [7, 11) is 0. The molecule has 0 amide bonds. The van der Waals surface area contributed by atoms with Crippen molar-refractivity contribution in [2.75, 3.05) is 6.61 Å². The molecule has 0 saturated heterocycles. The number of ether oxygens (including phenoxy) is 1. The molecule has 1 unspecified atom stereocenters. The van der Waals surface area contributed by atoms with Crippen LogP contribution < -0.4 is 0 Å². The van der Waals surface area contributed by atoms with Crippen LogP contribution in [0.5, 0.6) is 0 Å². The Bertz CT molecular complexity index is 607. The predicted molar refractivity (Wildman–Crippen MR) is 83.2 cm³/mol. The van der Waals surface area contributed by atoms with Crippen molar-refractivity contribution in [1.29, 1.82) is 0 Å². The Morgan fingerprint density at radius 3 is 2.65 bits per heavy atom. The summed E-state index contributed by atoms with van der Waals surface area (Å²) in [4.78, 5) is 12.0. The fourth-order valence-corrected chi connectivity index (χ4v) is 2.26. The van der Waals surface area contributed by atoms with Crippen molar-refractivity contribution in [3.05, 3.63) is 47.0 Å². The molecular formula is C17H19ClO2. The zero-order valence-corrected chi connectivity index (χ0v) is 12.6. The largest absolute Gasteiger partial charge is 0.465 e. The van der Waals surface area contributed by atoms with Gasteiger partial charge in [-0.25, -0.2) is 0 Å². The molecule has 2 aromatic carbocycles. The van der Waals surface area contributed by atoms with E-state index < -0.39 is 0 Å². The molecule has 2 nitrogen and oxygen atoms in total. The highest BCUT2D eigenvalue weighted by Crippen LogP contribution is 2.25. The van der Waals surface area contributed by atoms with E-state index in [9.17, 15) is 4.79 Å². The number of unbranched alkanes of at least 4 members (excludes halogenated alkanes) is 1. The Morgan fingerprint density at radius 2 is 1.90 bits per heavy atom. The van der Waals surface area contributed by atoms with Gasteiger partial charge in [0, 0.05) is 5.02 Å². The van der Waals surface area contributed by atoms with Gasteiger partial charge in [0.05, 0.1) is 12.5 Å². The standard InChI is InChI=1S/C17H19ClO2/c1-3-4-9-20-17(19)12(2)13-5-6-15-11-16(18)8-7-14(15)10-13/h5-8,10-12H,3-4,9H2,1-2H3. The molecule has 2 rings (SSSR count). The van der Waals surface area contributed by atoms with Crippen LogP contribution in [0.1, 0.15) is 38.2 Å². The highest BCUT2D eigenvalue weighted by molar-refractivity contribution is 6.31. The summed E-state index contributed by atoms with van der Waals surface area (Å²) in [5, 5.41) is 2.88. The summed E-state index contributed by atoms with van der Waals surface area (Å²) in [6.07, 6.45) is 1.94. The molecule has 0 aliphatic heterocycles. The van der Waals surface area contributed by atoms with Crippen LogP contribution >= 0.6 is 11.6 Å². The number of hydrogen-bond acceptors (Lipinski definition) is 2. The maximum absolute atomic E-state index is 12.0. The molecule has 2 aromatic rings. The highest BCUT2D eigenvalue weighted by atomic mass is 35.5. The van der Waals surface area contributed by atoms with Gasteiger partial charge in [-0.05, 0) is 41.8 Å². The lowest BCUT2D eigenvalue weighted by atomic mass is 9.98. The molecule has 0 spiro atoms. The smallest absolute Gasteiger partial charge is 0.313 e. The van der Waals surface area contributed by atoms with E-state index >= 15 is 0 Å². The van der Waals surface area contributed by atoms with E-state index in [2.05, 4.69) is 6.92 Å². The van der Waals surface area contributed by atoms with Crippen molar-refractivity contribution in [2.45, 2.75) is 32.6 Å². The second-order valence-electron chi connectivity index (χ2n) is 4.99. The maximum Gasteiger partial charge on any atom is 0.313 e. The number of carbonyl (C=O) groups is 1. The lowest BCUT2D eigenvalue weighted by Crippen LogP contribution is -2.13. The first-order valence-corrected chi connectivity index (χ1v) is 7.35. The van der Waals surface area contributed by atoms with Crippen molar-refractivity contribution in [3.63, 3.8) is 0 Å². The third-order valence-electron chi connectivity index (χ3n) is 3.42. The van der Waals surface area contributed by atoms with Crippen LogP contribution in [-0.2, 0) is 9.53 Å². The zero-order valence-electron chi connectivity index (χ0n) is 11.9. The molecule has 0 saturated carbocycles. The molecule has 0 radical (unpaired) electrons. The number of halogens is 1. The number of esters is 1. The van der Waals surface area contributed by atoms with Crippen molar-refractivity contribution < 1.29 is 9.53 Å². The van der Waals surface area contributed by atoms with Gasteiger partial charge in [0.2, 0.25) is 0 Å². The fourth-order valence-electron chi connectivity index (χ4n) is 2.08. The van der Waals surface area contributed by atoms with Crippen molar-refractivity contribution in [1.82, 2.24) is 0 Å². The van der Waals surface area contributed by atoms with Crippen molar-refractivity contribution in [2.24, 2.45) is 0 Å². The predicted octanol–water partition coefficient (Wildman–Crippen LogP) is 4.94. The van der Waals surface area contributed by atoms with Gasteiger partial charge in [0.25, 0.3) is 0 Å². The molecular weight excluding hydrogens is 272 g/mol. The van der Waals surface area contributed by atoms with Crippen LogP contribution in [0.25, 0.3) is 10.8 Å². The Hall–Kier alpha value is -1.54. The number of rotatable bonds is 5. The van der Waals surface area contributed by atoms with E-state index in [0.29, 0.717) is 6.61 Å². The molecule has 0 N–H and O–H groups in total. The van der Waals surface area contributed by atoms with Crippen LogP contribution in [-0.4, -0.2) is 12.6 Å². The molecule has 106 valence electrons. The minimum atomic E-state index is -0.244. The highest BCUT2D eigenvalue weighted by Gasteiger charge is 2.16. The van der Waals surface area contributed by atoms with Gasteiger partial charge in [-0.3, -0.25) is 4.79 Å². The number of hydrogen-bond donors (Lipinski definition) is 0. The quantitative estimate of drug-likeness (QED) is 0.576. The fraction of sp³-hybridized carbons (Fsp3) is 0.353. The second-order valence-corrected chi connectivity index (χ2v) is 5.43. The summed E-state index contributed by atoms with van der Waals surface area (Å²) >= 11 is 5.97.